The Morgan fingerprint density at radius 1 is 1.44 bits per heavy atom. The Balaban J connectivity index is 2.15. The molecular formula is C13H11ClFNOS. The summed E-state index contributed by atoms with van der Waals surface area (Å²) in [5.41, 5.74) is -0.0362. The number of nitrogens with one attached hydrogen (secondary N) is 1. The van der Waals surface area contributed by atoms with Crippen molar-refractivity contribution in [2.75, 3.05) is 0 Å². The monoisotopic (exact) mass is 283 g/mol. The molecule has 5 heteroatoms. The average Bonchev–Trinajstić information content (AvgIpc) is 2.85. The molecule has 18 heavy (non-hydrogen) atoms. The van der Waals surface area contributed by atoms with Crippen LogP contribution < -0.4 is 5.32 Å². The third kappa shape index (κ3) is 2.89. The molecule has 1 atom stereocenters. The number of carbonyl (C=O) groups is 1. The van der Waals surface area contributed by atoms with Crippen LogP contribution in [0, 0.1) is 5.82 Å². The fraction of sp³-hybridized carbons (Fsp3) is 0.154. The van der Waals surface area contributed by atoms with Crippen LogP contribution in [0.15, 0.2) is 35.7 Å². The predicted molar refractivity (Wildman–Crippen MR) is 71.6 cm³/mol. The minimum Gasteiger partial charge on any atom is -0.345 e. The van der Waals surface area contributed by atoms with E-state index in [4.69, 9.17) is 11.6 Å². The first-order valence-corrected chi connectivity index (χ1v) is 6.63. The van der Waals surface area contributed by atoms with Crippen LogP contribution in [0.5, 0.6) is 0 Å². The van der Waals surface area contributed by atoms with E-state index in [2.05, 4.69) is 5.32 Å². The maximum atomic E-state index is 13.5. The second-order valence-electron chi connectivity index (χ2n) is 3.83. The van der Waals surface area contributed by atoms with E-state index in [-0.39, 0.29) is 11.6 Å². The van der Waals surface area contributed by atoms with Crippen LogP contribution in [-0.4, -0.2) is 5.91 Å². The minimum absolute atomic E-state index is 0.0362. The van der Waals surface area contributed by atoms with E-state index in [1.165, 1.54) is 18.2 Å². The quantitative estimate of drug-likeness (QED) is 0.905. The summed E-state index contributed by atoms with van der Waals surface area (Å²) in [5.74, 6) is -1.04. The molecule has 1 N–H and O–H groups in total. The normalized spacial score (nSPS) is 12.2. The molecular weight excluding hydrogens is 273 g/mol. The van der Waals surface area contributed by atoms with Crippen molar-refractivity contribution >= 4 is 28.8 Å². The smallest absolute Gasteiger partial charge is 0.254 e. The first-order valence-electron chi connectivity index (χ1n) is 5.37. The van der Waals surface area contributed by atoms with Gasteiger partial charge in [-0.1, -0.05) is 17.7 Å². The minimum atomic E-state index is -0.574. The molecule has 2 rings (SSSR count). The summed E-state index contributed by atoms with van der Waals surface area (Å²) in [5, 5.41) is 5.01. The second kappa shape index (κ2) is 5.50. The third-order valence-corrected chi connectivity index (χ3v) is 3.78. The molecule has 1 unspecified atom stereocenters. The molecule has 0 aliphatic rings. The van der Waals surface area contributed by atoms with Gasteiger partial charge in [-0.25, -0.2) is 4.39 Å². The summed E-state index contributed by atoms with van der Waals surface area (Å²) < 4.78 is 13.5. The lowest BCUT2D eigenvalue weighted by Gasteiger charge is -2.12. The first-order chi connectivity index (χ1) is 8.58. The highest BCUT2D eigenvalue weighted by Gasteiger charge is 2.15. The lowest BCUT2D eigenvalue weighted by molar-refractivity contribution is 0.0936. The molecule has 0 fully saturated rings. The Morgan fingerprint density at radius 3 is 2.89 bits per heavy atom. The summed E-state index contributed by atoms with van der Waals surface area (Å²) in [7, 11) is 0. The van der Waals surface area contributed by atoms with Crippen molar-refractivity contribution < 1.29 is 9.18 Å². The molecule has 0 bridgehead atoms. The molecule has 1 aromatic heterocycles. The van der Waals surface area contributed by atoms with E-state index in [1.54, 1.807) is 11.3 Å². The number of hydrogen-bond acceptors (Lipinski definition) is 2. The molecule has 0 saturated heterocycles. The van der Waals surface area contributed by atoms with E-state index >= 15 is 0 Å². The second-order valence-corrected chi connectivity index (χ2v) is 5.25. The molecule has 0 saturated carbocycles. The van der Waals surface area contributed by atoms with Crippen LogP contribution in [0.2, 0.25) is 5.02 Å². The van der Waals surface area contributed by atoms with Gasteiger partial charge >= 0.3 is 0 Å². The maximum absolute atomic E-state index is 13.5. The molecule has 2 aromatic rings. The topological polar surface area (TPSA) is 29.1 Å². The van der Waals surface area contributed by atoms with Crippen molar-refractivity contribution in [1.82, 2.24) is 5.32 Å². The van der Waals surface area contributed by atoms with Gasteiger partial charge < -0.3 is 5.32 Å². The van der Waals surface area contributed by atoms with Crippen LogP contribution in [0.1, 0.15) is 28.2 Å². The molecule has 1 aromatic carbocycles. The van der Waals surface area contributed by atoms with Crippen LogP contribution in [-0.2, 0) is 0 Å². The number of benzene rings is 1. The Labute approximate surface area is 113 Å². The van der Waals surface area contributed by atoms with E-state index in [1.807, 2.05) is 24.4 Å². The summed E-state index contributed by atoms with van der Waals surface area (Å²) in [6.45, 7) is 1.85. The van der Waals surface area contributed by atoms with Gasteiger partial charge in [-0.3, -0.25) is 4.79 Å². The van der Waals surface area contributed by atoms with Gasteiger partial charge in [0, 0.05) is 9.90 Å². The predicted octanol–water partition coefficient (Wildman–Crippen LogP) is 4.03. The standard InChI is InChI=1S/C13H11ClFNOS/c1-8(12-3-2-6-18-12)16-13(17)10-7-9(14)4-5-11(10)15/h2-8H,1H3,(H,16,17). The maximum Gasteiger partial charge on any atom is 0.254 e. The molecule has 0 spiro atoms. The molecule has 94 valence electrons. The summed E-state index contributed by atoms with van der Waals surface area (Å²) >= 11 is 7.29. The highest BCUT2D eigenvalue weighted by molar-refractivity contribution is 7.10. The van der Waals surface area contributed by atoms with Crippen LogP contribution in [0.25, 0.3) is 0 Å². The van der Waals surface area contributed by atoms with Crippen molar-refractivity contribution in [3.05, 3.63) is 57.0 Å². The van der Waals surface area contributed by atoms with Gasteiger partial charge in [0.15, 0.2) is 0 Å². The van der Waals surface area contributed by atoms with Crippen LogP contribution in [0.4, 0.5) is 4.39 Å². The van der Waals surface area contributed by atoms with E-state index in [9.17, 15) is 9.18 Å². The van der Waals surface area contributed by atoms with Crippen molar-refractivity contribution in [3.63, 3.8) is 0 Å². The number of hydrogen-bond donors (Lipinski definition) is 1. The Morgan fingerprint density at radius 2 is 2.22 bits per heavy atom. The van der Waals surface area contributed by atoms with Crippen molar-refractivity contribution in [2.24, 2.45) is 0 Å². The third-order valence-electron chi connectivity index (χ3n) is 2.49. The highest BCUT2D eigenvalue weighted by atomic mass is 35.5. The van der Waals surface area contributed by atoms with Gasteiger partial charge in [-0.15, -0.1) is 11.3 Å². The fourth-order valence-corrected chi connectivity index (χ4v) is 2.46. The van der Waals surface area contributed by atoms with E-state index < -0.39 is 11.7 Å². The zero-order valence-corrected chi connectivity index (χ0v) is 11.2. The van der Waals surface area contributed by atoms with Gasteiger partial charge in [0.05, 0.1) is 11.6 Å². The Hall–Kier alpha value is -1.39. The molecule has 1 amide bonds. The Bertz CT molecular complexity index is 556. The van der Waals surface area contributed by atoms with Crippen molar-refractivity contribution in [1.29, 1.82) is 0 Å². The van der Waals surface area contributed by atoms with E-state index in [0.717, 1.165) is 4.88 Å². The molecule has 2 nitrogen and oxygen atoms in total. The van der Waals surface area contributed by atoms with E-state index in [0.29, 0.717) is 5.02 Å². The molecule has 0 radical (unpaired) electrons. The number of carbonyl (C=O) groups excluding carboxylic acids is 1. The first kappa shape index (κ1) is 13.1. The molecule has 0 aliphatic heterocycles. The molecule has 1 heterocycles. The van der Waals surface area contributed by atoms with Crippen LogP contribution >= 0.6 is 22.9 Å². The van der Waals surface area contributed by atoms with Gasteiger partial charge in [0.1, 0.15) is 5.82 Å². The summed E-state index contributed by atoms with van der Waals surface area (Å²) in [6.07, 6.45) is 0. The summed E-state index contributed by atoms with van der Waals surface area (Å²) in [4.78, 5) is 12.9. The zero-order valence-electron chi connectivity index (χ0n) is 9.61. The lowest BCUT2D eigenvalue weighted by Crippen LogP contribution is -2.26. The van der Waals surface area contributed by atoms with Crippen LogP contribution in [0.3, 0.4) is 0 Å². The number of rotatable bonds is 3. The number of halogens is 2. The average molecular weight is 284 g/mol. The van der Waals surface area contributed by atoms with Crippen molar-refractivity contribution in [2.45, 2.75) is 13.0 Å². The number of thiophene rings is 1. The largest absolute Gasteiger partial charge is 0.345 e. The van der Waals surface area contributed by atoms with Gasteiger partial charge in [0.25, 0.3) is 5.91 Å². The summed E-state index contributed by atoms with van der Waals surface area (Å²) in [6, 6.07) is 7.60. The molecule has 0 aliphatic carbocycles. The lowest BCUT2D eigenvalue weighted by atomic mass is 10.2. The van der Waals surface area contributed by atoms with Gasteiger partial charge in [0.2, 0.25) is 0 Å². The van der Waals surface area contributed by atoms with Crippen molar-refractivity contribution in [3.8, 4) is 0 Å². The Kier molecular flexibility index (Phi) is 3.99. The van der Waals surface area contributed by atoms with Gasteiger partial charge in [-0.2, -0.15) is 0 Å². The SMILES string of the molecule is CC(NC(=O)c1cc(Cl)ccc1F)c1cccs1. The number of amides is 1. The fourth-order valence-electron chi connectivity index (χ4n) is 1.55. The zero-order chi connectivity index (χ0) is 13.1. The van der Waals surface area contributed by atoms with Gasteiger partial charge in [-0.05, 0) is 36.6 Å². The highest BCUT2D eigenvalue weighted by Crippen LogP contribution is 2.20.